The van der Waals surface area contributed by atoms with Gasteiger partial charge in [-0.2, -0.15) is 0 Å². The highest BCUT2D eigenvalue weighted by atomic mass is 32.2. The van der Waals surface area contributed by atoms with Crippen molar-refractivity contribution in [3.8, 4) is 0 Å². The van der Waals surface area contributed by atoms with Crippen LogP contribution in [0.15, 0.2) is 0 Å². The summed E-state index contributed by atoms with van der Waals surface area (Å²) in [5, 5.41) is 2.49. The van der Waals surface area contributed by atoms with E-state index in [4.69, 9.17) is 0 Å². The van der Waals surface area contributed by atoms with Gasteiger partial charge in [0.2, 0.25) is 5.91 Å². The Bertz CT molecular complexity index is 121. The molecule has 0 fully saturated rings. The molecule has 0 saturated carbocycles. The Kier molecular flexibility index (Phi) is 5.15. The first-order valence-corrected chi connectivity index (χ1v) is 4.17. The Balaban J connectivity index is 3.06. The molecule has 5 heteroatoms. The molecule has 0 saturated heterocycles. The van der Waals surface area contributed by atoms with E-state index in [2.05, 4.69) is 5.32 Å². The van der Waals surface area contributed by atoms with Crippen LogP contribution in [0.4, 0.5) is 0 Å². The fraction of sp³-hybridized carbons (Fsp3) is 0.800. The molecule has 4 nitrogen and oxygen atoms in total. The first kappa shape index (κ1) is 9.58. The first-order chi connectivity index (χ1) is 4.63. The predicted molar refractivity (Wildman–Crippen MR) is 37.1 cm³/mol. The summed E-state index contributed by atoms with van der Waals surface area (Å²) in [6.45, 7) is 1.83. The van der Waals surface area contributed by atoms with E-state index in [1.54, 1.807) is 0 Å². The van der Waals surface area contributed by atoms with E-state index < -0.39 is 11.1 Å². The number of nitrogens with one attached hydrogen (secondary N) is 1. The number of rotatable bonds is 4. The van der Waals surface area contributed by atoms with Crippen molar-refractivity contribution in [1.82, 2.24) is 5.32 Å². The lowest BCUT2D eigenvalue weighted by molar-refractivity contribution is -0.118. The molecule has 0 aliphatic heterocycles. The number of amides is 1. The highest BCUT2D eigenvalue weighted by molar-refractivity contribution is 7.79. The van der Waals surface area contributed by atoms with Crippen molar-refractivity contribution in [2.75, 3.05) is 12.3 Å². The maximum Gasteiger partial charge on any atom is 0.216 e. The van der Waals surface area contributed by atoms with Crippen LogP contribution < -0.4 is 5.32 Å². The van der Waals surface area contributed by atoms with Gasteiger partial charge in [0.05, 0.1) is 0 Å². The van der Waals surface area contributed by atoms with Crippen molar-refractivity contribution in [2.45, 2.75) is 13.3 Å². The molecule has 0 rings (SSSR count). The van der Waals surface area contributed by atoms with Crippen LogP contribution >= 0.6 is 0 Å². The van der Waals surface area contributed by atoms with Crippen molar-refractivity contribution < 1.29 is 13.6 Å². The van der Waals surface area contributed by atoms with E-state index in [-0.39, 0.29) is 11.7 Å². The maximum atomic E-state index is 10.2. The van der Waals surface area contributed by atoms with Gasteiger partial charge in [-0.3, -0.25) is 9.00 Å². The van der Waals surface area contributed by atoms with E-state index in [1.807, 2.05) is 0 Å². The summed E-state index contributed by atoms with van der Waals surface area (Å²) in [4.78, 5) is 10.2. The van der Waals surface area contributed by atoms with Crippen LogP contribution in [0.5, 0.6) is 0 Å². The highest BCUT2D eigenvalue weighted by Crippen LogP contribution is 1.80. The van der Waals surface area contributed by atoms with Crippen LogP contribution in [0.25, 0.3) is 0 Å². The molecule has 0 aliphatic rings. The standard InChI is InChI=1S/C5H11NO3S/c1-5(7)6-3-2-4-10(8)9/h2-4H2,1H3,(H,6,7)(H,8,9)/p-1. The summed E-state index contributed by atoms with van der Waals surface area (Å²) < 4.78 is 19.9. The quantitative estimate of drug-likeness (QED) is 0.445. The summed E-state index contributed by atoms with van der Waals surface area (Å²) in [7, 11) is 0. The molecule has 0 heterocycles. The average molecular weight is 164 g/mol. The van der Waals surface area contributed by atoms with Crippen molar-refractivity contribution >= 4 is 17.0 Å². The molecule has 1 unspecified atom stereocenters. The minimum atomic E-state index is -1.98. The summed E-state index contributed by atoms with van der Waals surface area (Å²) >= 11 is -1.98. The van der Waals surface area contributed by atoms with Gasteiger partial charge in [0, 0.05) is 19.2 Å². The van der Waals surface area contributed by atoms with E-state index in [0.717, 1.165) is 0 Å². The molecule has 0 bridgehead atoms. The van der Waals surface area contributed by atoms with Gasteiger partial charge in [0.1, 0.15) is 0 Å². The van der Waals surface area contributed by atoms with Crippen molar-refractivity contribution in [3.05, 3.63) is 0 Å². The van der Waals surface area contributed by atoms with Gasteiger partial charge in [-0.1, -0.05) is 11.1 Å². The Morgan fingerprint density at radius 1 is 1.70 bits per heavy atom. The molecule has 1 atom stereocenters. The second-order valence-corrected chi connectivity index (χ2v) is 2.86. The first-order valence-electron chi connectivity index (χ1n) is 2.93. The monoisotopic (exact) mass is 164 g/mol. The van der Waals surface area contributed by atoms with Gasteiger partial charge >= 0.3 is 0 Å². The van der Waals surface area contributed by atoms with E-state index in [9.17, 15) is 13.6 Å². The molecule has 1 amide bonds. The fourth-order valence-corrected chi connectivity index (χ4v) is 0.834. The summed E-state index contributed by atoms with van der Waals surface area (Å²) in [6, 6.07) is 0. The maximum absolute atomic E-state index is 10.2. The highest BCUT2D eigenvalue weighted by Gasteiger charge is 1.89. The summed E-state index contributed by atoms with van der Waals surface area (Å²) in [6.07, 6.45) is 0.482. The number of carbonyl (C=O) groups excluding carboxylic acids is 1. The second-order valence-electron chi connectivity index (χ2n) is 1.84. The molecule has 1 N–H and O–H groups in total. The van der Waals surface area contributed by atoms with Gasteiger partial charge in [-0.25, -0.2) is 0 Å². The van der Waals surface area contributed by atoms with Crippen molar-refractivity contribution in [1.29, 1.82) is 0 Å². The lowest BCUT2D eigenvalue weighted by atomic mass is 10.5. The van der Waals surface area contributed by atoms with E-state index >= 15 is 0 Å². The largest absolute Gasteiger partial charge is 0.772 e. The molecule has 0 spiro atoms. The zero-order valence-corrected chi connectivity index (χ0v) is 6.57. The fourth-order valence-electron chi connectivity index (χ4n) is 0.454. The lowest BCUT2D eigenvalue weighted by Crippen LogP contribution is -2.22. The third-order valence-electron chi connectivity index (χ3n) is 0.862. The van der Waals surface area contributed by atoms with Crippen LogP contribution in [-0.4, -0.2) is 27.0 Å². The van der Waals surface area contributed by atoms with Gasteiger partial charge in [0.15, 0.2) is 0 Å². The van der Waals surface area contributed by atoms with Crippen LogP contribution in [-0.2, 0) is 15.9 Å². The summed E-state index contributed by atoms with van der Waals surface area (Å²) in [5.74, 6) is -0.0167. The zero-order valence-electron chi connectivity index (χ0n) is 5.75. The Labute approximate surface area is 62.3 Å². The molecular weight excluding hydrogens is 154 g/mol. The molecule has 0 radical (unpaired) electrons. The van der Waals surface area contributed by atoms with Crippen LogP contribution in [0.3, 0.4) is 0 Å². The Hall–Kier alpha value is -0.420. The van der Waals surface area contributed by atoms with E-state index in [1.165, 1.54) is 6.92 Å². The number of hydrogen-bond donors (Lipinski definition) is 1. The molecule has 0 aromatic heterocycles. The zero-order chi connectivity index (χ0) is 7.98. The molecule has 10 heavy (non-hydrogen) atoms. The molecule has 0 aromatic rings. The van der Waals surface area contributed by atoms with Gasteiger partial charge in [0.25, 0.3) is 0 Å². The number of hydrogen-bond acceptors (Lipinski definition) is 3. The Morgan fingerprint density at radius 3 is 2.70 bits per heavy atom. The van der Waals surface area contributed by atoms with Gasteiger partial charge in [-0.05, 0) is 6.42 Å². The third kappa shape index (κ3) is 7.58. The molecule has 0 aromatic carbocycles. The molecule has 0 aliphatic carbocycles. The topological polar surface area (TPSA) is 69.2 Å². The SMILES string of the molecule is CC(=O)NCCCS(=O)[O-]. The van der Waals surface area contributed by atoms with Gasteiger partial charge in [-0.15, -0.1) is 0 Å². The average Bonchev–Trinajstić information content (AvgIpc) is 1.79. The van der Waals surface area contributed by atoms with Gasteiger partial charge < -0.3 is 9.87 Å². The normalized spacial score (nSPS) is 12.6. The lowest BCUT2D eigenvalue weighted by Gasteiger charge is -2.03. The van der Waals surface area contributed by atoms with Crippen LogP contribution in [0, 0.1) is 0 Å². The smallest absolute Gasteiger partial charge is 0.216 e. The molecule has 60 valence electrons. The minimum absolute atomic E-state index is 0.111. The second kappa shape index (κ2) is 5.37. The van der Waals surface area contributed by atoms with E-state index in [0.29, 0.717) is 13.0 Å². The van der Waals surface area contributed by atoms with Crippen molar-refractivity contribution in [3.63, 3.8) is 0 Å². The minimum Gasteiger partial charge on any atom is -0.772 e. The van der Waals surface area contributed by atoms with Crippen molar-refractivity contribution in [2.24, 2.45) is 0 Å². The molecular formula is C5H10NO3S-. The van der Waals surface area contributed by atoms with Crippen LogP contribution in [0.1, 0.15) is 13.3 Å². The number of carbonyl (C=O) groups is 1. The third-order valence-corrected chi connectivity index (χ3v) is 1.48. The Morgan fingerprint density at radius 2 is 2.30 bits per heavy atom. The van der Waals surface area contributed by atoms with Crippen LogP contribution in [0.2, 0.25) is 0 Å². The predicted octanol–water partition coefficient (Wildman–Crippen LogP) is -0.608. The summed E-state index contributed by atoms with van der Waals surface area (Å²) in [5.41, 5.74) is 0.